The minimum Gasteiger partial charge on any atom is -0.466 e. The topological polar surface area (TPSA) is 51.9 Å². The first-order valence-electron chi connectivity index (χ1n) is 11.2. The summed E-state index contributed by atoms with van der Waals surface area (Å²) in [6.45, 7) is 13.7. The molecule has 2 aromatic rings. The molecule has 0 spiro atoms. The summed E-state index contributed by atoms with van der Waals surface area (Å²) >= 11 is 0. The van der Waals surface area contributed by atoms with Crippen molar-refractivity contribution in [3.05, 3.63) is 59.5 Å². The summed E-state index contributed by atoms with van der Waals surface area (Å²) in [6.07, 6.45) is 6.51. The van der Waals surface area contributed by atoms with Gasteiger partial charge in [-0.1, -0.05) is 63.9 Å². The van der Waals surface area contributed by atoms with Crippen LogP contribution in [0.15, 0.2) is 46.9 Å². The van der Waals surface area contributed by atoms with Gasteiger partial charge in [-0.25, -0.2) is 4.79 Å². The van der Waals surface area contributed by atoms with Crippen molar-refractivity contribution < 1.29 is 18.4 Å². The number of ether oxygens (including phenoxy) is 1. The number of aryl methyl sites for hydroxylation is 1. The van der Waals surface area contributed by atoms with Crippen molar-refractivity contribution in [2.45, 2.75) is 71.3 Å². The van der Waals surface area contributed by atoms with Crippen LogP contribution in [-0.2, 0) is 28.6 Å². The lowest BCUT2D eigenvalue weighted by atomic mass is 10.1. The third-order valence-corrected chi connectivity index (χ3v) is 10.6. The van der Waals surface area contributed by atoms with E-state index in [1.165, 1.54) is 0 Å². The first-order chi connectivity index (χ1) is 15.1. The SMILES string of the molecule is C#CCN(C(=O)OCc1ccccc1)[C@@H](CO[Si](C)(C)C(C)(C)C)Cc1ccc(CC)o1. The molecule has 2 rings (SSSR count). The molecule has 0 unspecified atom stereocenters. The van der Waals surface area contributed by atoms with Crippen LogP contribution in [0.5, 0.6) is 0 Å². The summed E-state index contributed by atoms with van der Waals surface area (Å²) in [7, 11) is -2.02. The lowest BCUT2D eigenvalue weighted by molar-refractivity contribution is 0.0706. The van der Waals surface area contributed by atoms with Gasteiger partial charge in [0.25, 0.3) is 0 Å². The van der Waals surface area contributed by atoms with Gasteiger partial charge in [-0.05, 0) is 35.8 Å². The number of furan rings is 1. The third kappa shape index (κ3) is 7.28. The van der Waals surface area contributed by atoms with Crippen molar-refractivity contribution in [2.24, 2.45) is 0 Å². The molecular weight excluding hydrogens is 418 g/mol. The average molecular weight is 456 g/mol. The number of amides is 1. The fraction of sp³-hybridized carbons (Fsp3) is 0.500. The van der Waals surface area contributed by atoms with Crippen LogP contribution < -0.4 is 0 Å². The molecule has 6 heteroatoms. The van der Waals surface area contributed by atoms with E-state index in [1.807, 2.05) is 49.4 Å². The Kier molecular flexibility index (Phi) is 9.17. The molecule has 174 valence electrons. The van der Waals surface area contributed by atoms with E-state index < -0.39 is 14.4 Å². The van der Waals surface area contributed by atoms with Crippen LogP contribution >= 0.6 is 0 Å². The highest BCUT2D eigenvalue weighted by molar-refractivity contribution is 6.74. The number of hydrogen-bond acceptors (Lipinski definition) is 4. The number of nitrogens with zero attached hydrogens (tertiary/aromatic N) is 1. The Bertz CT molecular complexity index is 893. The highest BCUT2D eigenvalue weighted by Crippen LogP contribution is 2.36. The van der Waals surface area contributed by atoms with Gasteiger partial charge in [-0.2, -0.15) is 0 Å². The van der Waals surface area contributed by atoms with Gasteiger partial charge in [-0.15, -0.1) is 6.42 Å². The van der Waals surface area contributed by atoms with Crippen molar-refractivity contribution in [3.63, 3.8) is 0 Å². The molecular formula is C26H37NO4Si. The molecule has 0 aliphatic carbocycles. The van der Waals surface area contributed by atoms with Gasteiger partial charge in [0, 0.05) is 12.8 Å². The van der Waals surface area contributed by atoms with Crippen LogP contribution in [0, 0.1) is 12.3 Å². The summed E-state index contributed by atoms with van der Waals surface area (Å²) in [5.74, 6) is 4.33. The van der Waals surface area contributed by atoms with E-state index in [0.29, 0.717) is 13.0 Å². The Hall–Kier alpha value is -2.49. The van der Waals surface area contributed by atoms with E-state index in [0.717, 1.165) is 23.5 Å². The zero-order valence-electron chi connectivity index (χ0n) is 20.3. The van der Waals surface area contributed by atoms with E-state index in [4.69, 9.17) is 20.0 Å². The number of hydrogen-bond donors (Lipinski definition) is 0. The van der Waals surface area contributed by atoms with Gasteiger partial charge in [0.1, 0.15) is 18.1 Å². The fourth-order valence-electron chi connectivity index (χ4n) is 2.98. The van der Waals surface area contributed by atoms with E-state index in [1.54, 1.807) is 4.90 Å². The monoisotopic (exact) mass is 455 g/mol. The zero-order valence-corrected chi connectivity index (χ0v) is 21.3. The molecule has 5 nitrogen and oxygen atoms in total. The van der Waals surface area contributed by atoms with Crippen LogP contribution in [-0.4, -0.2) is 38.5 Å². The number of carbonyl (C=O) groups is 1. The minimum absolute atomic E-state index is 0.0579. The van der Waals surface area contributed by atoms with Crippen molar-refractivity contribution in [3.8, 4) is 12.3 Å². The van der Waals surface area contributed by atoms with Gasteiger partial charge >= 0.3 is 6.09 Å². The molecule has 0 fully saturated rings. The smallest absolute Gasteiger partial charge is 0.411 e. The largest absolute Gasteiger partial charge is 0.466 e. The normalized spacial score (nSPS) is 12.8. The predicted molar refractivity (Wildman–Crippen MR) is 131 cm³/mol. The molecule has 1 aromatic heterocycles. The number of benzene rings is 1. The lowest BCUT2D eigenvalue weighted by Gasteiger charge is -2.38. The molecule has 1 aromatic carbocycles. The van der Waals surface area contributed by atoms with Crippen molar-refractivity contribution >= 4 is 14.4 Å². The molecule has 0 bridgehead atoms. The molecule has 0 aliphatic rings. The molecule has 0 saturated heterocycles. The highest BCUT2D eigenvalue weighted by atomic mass is 28.4. The molecule has 0 N–H and O–H groups in total. The maximum Gasteiger partial charge on any atom is 0.411 e. The van der Waals surface area contributed by atoms with Crippen LogP contribution in [0.3, 0.4) is 0 Å². The van der Waals surface area contributed by atoms with Crippen LogP contribution in [0.25, 0.3) is 0 Å². The molecule has 1 amide bonds. The van der Waals surface area contributed by atoms with Crippen LogP contribution in [0.1, 0.15) is 44.8 Å². The maximum absolute atomic E-state index is 13.1. The number of rotatable bonds is 10. The van der Waals surface area contributed by atoms with E-state index >= 15 is 0 Å². The Morgan fingerprint density at radius 3 is 2.38 bits per heavy atom. The summed E-state index contributed by atoms with van der Waals surface area (Å²) in [4.78, 5) is 14.6. The zero-order chi connectivity index (χ0) is 23.8. The Morgan fingerprint density at radius 2 is 1.81 bits per heavy atom. The van der Waals surface area contributed by atoms with Crippen molar-refractivity contribution in [1.82, 2.24) is 4.90 Å². The second-order valence-electron chi connectivity index (χ2n) is 9.52. The average Bonchev–Trinajstić information content (AvgIpc) is 3.21. The Labute approximate surface area is 194 Å². The number of terminal acetylenes is 1. The van der Waals surface area contributed by atoms with Gasteiger partial charge in [0.15, 0.2) is 8.32 Å². The predicted octanol–water partition coefficient (Wildman–Crippen LogP) is 6.05. The van der Waals surface area contributed by atoms with Gasteiger partial charge in [-0.3, -0.25) is 4.90 Å². The molecule has 0 radical (unpaired) electrons. The quantitative estimate of drug-likeness (QED) is 0.323. The Morgan fingerprint density at radius 1 is 1.16 bits per heavy atom. The highest BCUT2D eigenvalue weighted by Gasteiger charge is 2.38. The summed E-state index contributed by atoms with van der Waals surface area (Å²) in [6, 6.07) is 13.2. The summed E-state index contributed by atoms with van der Waals surface area (Å²) < 4.78 is 18.0. The van der Waals surface area contributed by atoms with Crippen LogP contribution in [0.2, 0.25) is 18.1 Å². The fourth-order valence-corrected chi connectivity index (χ4v) is 4.02. The van der Waals surface area contributed by atoms with Crippen molar-refractivity contribution in [1.29, 1.82) is 0 Å². The van der Waals surface area contributed by atoms with Crippen molar-refractivity contribution in [2.75, 3.05) is 13.2 Å². The summed E-state index contributed by atoms with van der Waals surface area (Å²) in [5, 5.41) is 0.0579. The second-order valence-corrected chi connectivity index (χ2v) is 14.3. The minimum atomic E-state index is -2.02. The van der Waals surface area contributed by atoms with Gasteiger partial charge < -0.3 is 13.6 Å². The molecule has 32 heavy (non-hydrogen) atoms. The standard InChI is InChI=1S/C26H37NO4Si/c1-8-17-27(25(28)29-19-21-13-11-10-12-14-21)22(18-24-16-15-23(9-2)31-24)20-30-32(6,7)26(3,4)5/h1,10-16,22H,9,17-20H2,2-7H3/t22-/m1/s1. The molecule has 1 heterocycles. The maximum atomic E-state index is 13.1. The molecule has 0 aliphatic heterocycles. The van der Waals surface area contributed by atoms with E-state index in [2.05, 4.69) is 39.8 Å². The number of carbonyl (C=O) groups excluding carboxylic acids is 1. The molecule has 1 atom stereocenters. The van der Waals surface area contributed by atoms with Gasteiger partial charge in [0.2, 0.25) is 0 Å². The third-order valence-electron chi connectivity index (χ3n) is 6.09. The lowest BCUT2D eigenvalue weighted by Crippen LogP contribution is -2.49. The van der Waals surface area contributed by atoms with E-state index in [-0.39, 0.29) is 24.2 Å². The van der Waals surface area contributed by atoms with Crippen LogP contribution in [0.4, 0.5) is 4.79 Å². The first kappa shape index (κ1) is 25.8. The Balaban J connectivity index is 2.21. The van der Waals surface area contributed by atoms with Gasteiger partial charge in [0.05, 0.1) is 19.2 Å². The second kappa shape index (κ2) is 11.4. The summed E-state index contributed by atoms with van der Waals surface area (Å²) in [5.41, 5.74) is 0.925. The van der Waals surface area contributed by atoms with E-state index in [9.17, 15) is 4.79 Å². The molecule has 0 saturated carbocycles. The first-order valence-corrected chi connectivity index (χ1v) is 14.1.